The molecule has 0 aliphatic heterocycles. The van der Waals surface area contributed by atoms with Crippen molar-refractivity contribution in [1.82, 2.24) is 0 Å². The number of carbonyl (C=O) groups excluding carboxylic acids is 2. The molecule has 0 heterocycles. The summed E-state index contributed by atoms with van der Waals surface area (Å²) in [7, 11) is 0. The highest BCUT2D eigenvalue weighted by molar-refractivity contribution is 5.91. The van der Waals surface area contributed by atoms with E-state index >= 15 is 0 Å². The fraction of sp³-hybridized carbons (Fsp3) is 0.500. The average molecular weight is 293 g/mol. The second-order valence-electron chi connectivity index (χ2n) is 4.68. The Hall–Kier alpha value is -2.04. The van der Waals surface area contributed by atoms with Crippen LogP contribution in [0.25, 0.3) is 0 Å². The summed E-state index contributed by atoms with van der Waals surface area (Å²) in [5.74, 6) is -0.347. The van der Waals surface area contributed by atoms with E-state index in [9.17, 15) is 9.59 Å². The van der Waals surface area contributed by atoms with Gasteiger partial charge in [-0.25, -0.2) is 9.59 Å². The minimum atomic E-state index is -0.485. The summed E-state index contributed by atoms with van der Waals surface area (Å²) in [6, 6.07) is 6.54. The Morgan fingerprint density at radius 2 is 1.52 bits per heavy atom. The summed E-state index contributed by atoms with van der Waals surface area (Å²) in [5, 5.41) is 2.61. The van der Waals surface area contributed by atoms with Crippen LogP contribution in [0.2, 0.25) is 0 Å². The van der Waals surface area contributed by atoms with E-state index in [-0.39, 0.29) is 5.97 Å². The van der Waals surface area contributed by atoms with Crippen molar-refractivity contribution in [3.05, 3.63) is 29.8 Å². The SMILES string of the molecule is CCCCOC(=O)Nc1ccc(C(=O)OCCCC)cc1. The molecule has 1 aromatic carbocycles. The highest BCUT2D eigenvalue weighted by Crippen LogP contribution is 2.11. The molecular weight excluding hydrogens is 270 g/mol. The number of amides is 1. The number of ether oxygens (including phenoxy) is 2. The number of anilines is 1. The summed E-state index contributed by atoms with van der Waals surface area (Å²) in [4.78, 5) is 23.1. The van der Waals surface area contributed by atoms with Gasteiger partial charge in [-0.3, -0.25) is 5.32 Å². The number of unbranched alkanes of at least 4 members (excludes halogenated alkanes) is 2. The molecule has 0 fully saturated rings. The second kappa shape index (κ2) is 9.80. The van der Waals surface area contributed by atoms with Gasteiger partial charge in [0.2, 0.25) is 0 Å². The quantitative estimate of drug-likeness (QED) is 0.581. The molecule has 1 rings (SSSR count). The normalized spacial score (nSPS) is 10.0. The van der Waals surface area contributed by atoms with Gasteiger partial charge in [0.15, 0.2) is 0 Å². The highest BCUT2D eigenvalue weighted by Gasteiger charge is 2.08. The molecule has 0 spiro atoms. The topological polar surface area (TPSA) is 64.6 Å². The third-order valence-electron chi connectivity index (χ3n) is 2.83. The van der Waals surface area contributed by atoms with Gasteiger partial charge in [-0.05, 0) is 37.1 Å². The van der Waals surface area contributed by atoms with Crippen molar-refractivity contribution >= 4 is 17.7 Å². The van der Waals surface area contributed by atoms with E-state index in [1.807, 2.05) is 13.8 Å². The standard InChI is InChI=1S/C16H23NO4/c1-3-5-11-20-15(18)13-7-9-14(10-8-13)17-16(19)21-12-6-4-2/h7-10H,3-6,11-12H2,1-2H3,(H,17,19). The number of hydrogen-bond donors (Lipinski definition) is 1. The van der Waals surface area contributed by atoms with Crippen LogP contribution < -0.4 is 5.32 Å². The van der Waals surface area contributed by atoms with Crippen LogP contribution in [0.15, 0.2) is 24.3 Å². The predicted molar refractivity (Wildman–Crippen MR) is 81.5 cm³/mol. The maximum Gasteiger partial charge on any atom is 0.411 e. The fourth-order valence-electron chi connectivity index (χ4n) is 1.55. The zero-order chi connectivity index (χ0) is 15.5. The van der Waals surface area contributed by atoms with E-state index in [1.165, 1.54) is 0 Å². The molecule has 0 bridgehead atoms. The lowest BCUT2D eigenvalue weighted by atomic mass is 10.2. The molecule has 1 aromatic rings. The first-order valence-corrected chi connectivity index (χ1v) is 7.38. The van der Waals surface area contributed by atoms with Crippen LogP contribution in [-0.2, 0) is 9.47 Å². The number of esters is 1. The lowest BCUT2D eigenvalue weighted by Gasteiger charge is -2.07. The Morgan fingerprint density at radius 3 is 2.10 bits per heavy atom. The van der Waals surface area contributed by atoms with Crippen LogP contribution >= 0.6 is 0 Å². The van der Waals surface area contributed by atoms with Crippen LogP contribution in [0, 0.1) is 0 Å². The lowest BCUT2D eigenvalue weighted by molar-refractivity contribution is 0.0500. The second-order valence-corrected chi connectivity index (χ2v) is 4.68. The largest absolute Gasteiger partial charge is 0.462 e. The Labute approximate surface area is 125 Å². The maximum absolute atomic E-state index is 11.7. The number of hydrogen-bond acceptors (Lipinski definition) is 4. The molecule has 0 aliphatic rings. The van der Waals surface area contributed by atoms with Crippen LogP contribution in [-0.4, -0.2) is 25.3 Å². The van der Waals surface area contributed by atoms with Gasteiger partial charge in [-0.2, -0.15) is 0 Å². The molecule has 21 heavy (non-hydrogen) atoms. The molecule has 1 N–H and O–H groups in total. The van der Waals surface area contributed by atoms with Crippen LogP contribution in [0.4, 0.5) is 10.5 Å². The molecule has 5 nitrogen and oxygen atoms in total. The number of nitrogens with one attached hydrogen (secondary N) is 1. The summed E-state index contributed by atoms with van der Waals surface area (Å²) < 4.78 is 10.1. The summed E-state index contributed by atoms with van der Waals surface area (Å²) >= 11 is 0. The van der Waals surface area contributed by atoms with Gasteiger partial charge in [0.05, 0.1) is 18.8 Å². The highest BCUT2D eigenvalue weighted by atomic mass is 16.5. The monoisotopic (exact) mass is 293 g/mol. The molecule has 0 atom stereocenters. The van der Waals surface area contributed by atoms with E-state index in [0.29, 0.717) is 24.5 Å². The third-order valence-corrected chi connectivity index (χ3v) is 2.83. The number of carbonyl (C=O) groups is 2. The summed E-state index contributed by atoms with van der Waals surface area (Å²) in [6.45, 7) is 4.90. The molecule has 0 saturated carbocycles. The molecule has 116 valence electrons. The first-order chi connectivity index (χ1) is 10.2. The van der Waals surface area contributed by atoms with Gasteiger partial charge < -0.3 is 9.47 Å². The van der Waals surface area contributed by atoms with Crippen LogP contribution in [0.3, 0.4) is 0 Å². The third kappa shape index (κ3) is 6.79. The van der Waals surface area contributed by atoms with E-state index < -0.39 is 6.09 Å². The van der Waals surface area contributed by atoms with Crippen molar-refractivity contribution in [2.45, 2.75) is 39.5 Å². The molecule has 0 radical (unpaired) electrons. The number of rotatable bonds is 8. The van der Waals surface area contributed by atoms with Crippen molar-refractivity contribution in [2.24, 2.45) is 0 Å². The van der Waals surface area contributed by atoms with Gasteiger partial charge in [0.1, 0.15) is 0 Å². The van der Waals surface area contributed by atoms with Gasteiger partial charge in [0, 0.05) is 5.69 Å². The molecule has 1 amide bonds. The van der Waals surface area contributed by atoms with Crippen molar-refractivity contribution in [3.63, 3.8) is 0 Å². The first kappa shape index (κ1) is 17.0. The van der Waals surface area contributed by atoms with Crippen molar-refractivity contribution in [3.8, 4) is 0 Å². The van der Waals surface area contributed by atoms with Gasteiger partial charge in [0.25, 0.3) is 0 Å². The number of benzene rings is 1. The summed E-state index contributed by atoms with van der Waals surface area (Å²) in [6.07, 6.45) is 3.17. The molecular formula is C16H23NO4. The van der Waals surface area contributed by atoms with E-state index in [4.69, 9.17) is 9.47 Å². The van der Waals surface area contributed by atoms with E-state index in [1.54, 1.807) is 24.3 Å². The van der Waals surface area contributed by atoms with Crippen molar-refractivity contribution in [2.75, 3.05) is 18.5 Å². The smallest absolute Gasteiger partial charge is 0.411 e. The molecule has 5 heteroatoms. The fourth-order valence-corrected chi connectivity index (χ4v) is 1.55. The van der Waals surface area contributed by atoms with E-state index in [2.05, 4.69) is 5.32 Å². The van der Waals surface area contributed by atoms with E-state index in [0.717, 1.165) is 25.7 Å². The van der Waals surface area contributed by atoms with Crippen molar-refractivity contribution < 1.29 is 19.1 Å². The van der Waals surface area contributed by atoms with Gasteiger partial charge in [-0.1, -0.05) is 26.7 Å². The van der Waals surface area contributed by atoms with Crippen LogP contribution in [0.5, 0.6) is 0 Å². The average Bonchev–Trinajstić information content (AvgIpc) is 2.48. The maximum atomic E-state index is 11.7. The zero-order valence-electron chi connectivity index (χ0n) is 12.7. The Morgan fingerprint density at radius 1 is 0.952 bits per heavy atom. The molecule has 0 unspecified atom stereocenters. The zero-order valence-corrected chi connectivity index (χ0v) is 12.7. The Kier molecular flexibility index (Phi) is 7.94. The minimum Gasteiger partial charge on any atom is -0.462 e. The Balaban J connectivity index is 2.42. The molecule has 0 saturated heterocycles. The lowest BCUT2D eigenvalue weighted by Crippen LogP contribution is -2.14. The van der Waals surface area contributed by atoms with Gasteiger partial charge in [-0.15, -0.1) is 0 Å². The minimum absolute atomic E-state index is 0.347. The van der Waals surface area contributed by atoms with Crippen LogP contribution in [0.1, 0.15) is 49.9 Å². The summed E-state index contributed by atoms with van der Waals surface area (Å²) in [5.41, 5.74) is 1.05. The predicted octanol–water partition coefficient (Wildman–Crippen LogP) is 3.99. The molecule has 0 aliphatic carbocycles. The Bertz CT molecular complexity index is 442. The first-order valence-electron chi connectivity index (χ1n) is 7.38. The van der Waals surface area contributed by atoms with Crippen molar-refractivity contribution in [1.29, 1.82) is 0 Å². The van der Waals surface area contributed by atoms with Gasteiger partial charge >= 0.3 is 12.1 Å². The molecule has 0 aromatic heterocycles.